The average molecular weight is 498 g/mol. The van der Waals surface area contributed by atoms with E-state index in [1.54, 1.807) is 51.1 Å². The molecular formula is C25H24FN3O5S. The number of benzene rings is 2. The fourth-order valence-corrected chi connectivity index (χ4v) is 5.02. The van der Waals surface area contributed by atoms with Crippen LogP contribution in [0.4, 0.5) is 9.18 Å². The van der Waals surface area contributed by atoms with Gasteiger partial charge in [-0.15, -0.1) is 0 Å². The minimum Gasteiger partial charge on any atom is -0.444 e. The first-order chi connectivity index (χ1) is 16.5. The topological polar surface area (TPSA) is 103 Å². The molecule has 182 valence electrons. The van der Waals surface area contributed by atoms with Crippen molar-refractivity contribution in [3.05, 3.63) is 83.6 Å². The van der Waals surface area contributed by atoms with Crippen molar-refractivity contribution in [2.45, 2.75) is 37.8 Å². The van der Waals surface area contributed by atoms with Gasteiger partial charge in [0.25, 0.3) is 10.0 Å². The SMILES string of the molecule is CC(C)(C)OC(=O)NCc1cc2cc(F)c(/C=C/c3ccon3)cc2n1S(=O)(=O)c1ccccc1. The number of rotatable bonds is 6. The fourth-order valence-electron chi connectivity index (χ4n) is 3.47. The Bertz CT molecular complexity index is 1490. The van der Waals surface area contributed by atoms with Crippen molar-refractivity contribution in [2.75, 3.05) is 0 Å². The number of fused-ring (bicyclic) bond motifs is 1. The number of alkyl carbamates (subject to hydrolysis) is 1. The minimum absolute atomic E-state index is 0.0556. The maximum Gasteiger partial charge on any atom is 0.407 e. The van der Waals surface area contributed by atoms with Crippen LogP contribution in [-0.2, 0) is 21.3 Å². The zero-order valence-electron chi connectivity index (χ0n) is 19.4. The Morgan fingerprint density at radius 3 is 2.54 bits per heavy atom. The molecule has 0 aliphatic heterocycles. The smallest absolute Gasteiger partial charge is 0.407 e. The number of nitrogens with one attached hydrogen (secondary N) is 1. The van der Waals surface area contributed by atoms with E-state index in [9.17, 15) is 17.6 Å². The van der Waals surface area contributed by atoms with Crippen molar-refractivity contribution in [3.63, 3.8) is 0 Å². The Morgan fingerprint density at radius 1 is 1.14 bits per heavy atom. The summed E-state index contributed by atoms with van der Waals surface area (Å²) in [5.41, 5.74) is 0.429. The van der Waals surface area contributed by atoms with E-state index >= 15 is 0 Å². The summed E-state index contributed by atoms with van der Waals surface area (Å²) in [5.74, 6) is -0.543. The highest BCUT2D eigenvalue weighted by Crippen LogP contribution is 2.29. The Hall–Kier alpha value is -3.92. The molecule has 0 saturated carbocycles. The number of nitrogens with zero attached hydrogens (tertiary/aromatic N) is 2. The molecule has 2 aromatic heterocycles. The summed E-state index contributed by atoms with van der Waals surface area (Å²) in [4.78, 5) is 12.3. The van der Waals surface area contributed by atoms with Crippen molar-refractivity contribution in [1.82, 2.24) is 14.4 Å². The van der Waals surface area contributed by atoms with Gasteiger partial charge in [-0.2, -0.15) is 0 Å². The minimum atomic E-state index is -4.07. The molecule has 1 N–H and O–H groups in total. The largest absolute Gasteiger partial charge is 0.444 e. The standard InChI is InChI=1S/C25H24FN3O5S/c1-25(2,3)34-24(30)27-16-20-13-18-14-22(26)17(9-10-19-11-12-33-28-19)15-23(18)29(20)35(31,32)21-7-5-4-6-8-21/h4-15H,16H2,1-3H3,(H,27,30)/b10-9+. The molecule has 2 heterocycles. The number of hydrogen-bond donors (Lipinski definition) is 1. The Labute approximate surface area is 202 Å². The molecule has 0 aliphatic carbocycles. The lowest BCUT2D eigenvalue weighted by molar-refractivity contribution is 0.0522. The van der Waals surface area contributed by atoms with E-state index in [2.05, 4.69) is 10.5 Å². The normalized spacial score (nSPS) is 12.3. The fraction of sp³-hybridized carbons (Fsp3) is 0.200. The number of carbonyl (C=O) groups is 1. The molecule has 0 spiro atoms. The van der Waals surface area contributed by atoms with Crippen molar-refractivity contribution in [1.29, 1.82) is 0 Å². The number of amides is 1. The van der Waals surface area contributed by atoms with Gasteiger partial charge in [-0.25, -0.2) is 21.6 Å². The van der Waals surface area contributed by atoms with Crippen LogP contribution in [0.2, 0.25) is 0 Å². The van der Waals surface area contributed by atoms with E-state index in [-0.39, 0.29) is 28.2 Å². The molecule has 0 radical (unpaired) electrons. The third-order valence-corrected chi connectivity index (χ3v) is 6.71. The maximum atomic E-state index is 14.9. The van der Waals surface area contributed by atoms with Gasteiger partial charge in [0.05, 0.1) is 22.7 Å². The van der Waals surface area contributed by atoms with Crippen LogP contribution in [-0.4, -0.2) is 29.2 Å². The van der Waals surface area contributed by atoms with Crippen LogP contribution in [0.5, 0.6) is 0 Å². The van der Waals surface area contributed by atoms with Crippen molar-refractivity contribution in [3.8, 4) is 0 Å². The summed E-state index contributed by atoms with van der Waals surface area (Å²) in [6, 6.07) is 13.7. The average Bonchev–Trinajstić information content (AvgIpc) is 3.43. The third-order valence-electron chi connectivity index (χ3n) is 4.93. The van der Waals surface area contributed by atoms with Gasteiger partial charge in [-0.3, -0.25) is 0 Å². The summed E-state index contributed by atoms with van der Waals surface area (Å²) < 4.78 is 53.3. The van der Waals surface area contributed by atoms with Crippen LogP contribution in [0.3, 0.4) is 0 Å². The van der Waals surface area contributed by atoms with E-state index in [0.29, 0.717) is 11.1 Å². The number of ether oxygens (including phenoxy) is 1. The summed E-state index contributed by atoms with van der Waals surface area (Å²) in [6.07, 6.45) is 3.73. The van der Waals surface area contributed by atoms with Crippen LogP contribution in [0.15, 0.2) is 70.3 Å². The Balaban J connectivity index is 1.82. The molecule has 0 unspecified atom stereocenters. The molecule has 1 amide bonds. The molecule has 4 aromatic rings. The lowest BCUT2D eigenvalue weighted by Gasteiger charge is -2.20. The second kappa shape index (κ2) is 9.38. The highest BCUT2D eigenvalue weighted by atomic mass is 32.2. The van der Waals surface area contributed by atoms with Gasteiger partial charge in [0, 0.05) is 17.0 Å². The number of carbonyl (C=O) groups excluding carboxylic acids is 1. The summed E-state index contributed by atoms with van der Waals surface area (Å²) >= 11 is 0. The van der Waals surface area contributed by atoms with Crippen LogP contribution >= 0.6 is 0 Å². The van der Waals surface area contributed by atoms with Crippen molar-refractivity contribution >= 4 is 39.2 Å². The molecule has 0 aliphatic rings. The Kier molecular flexibility index (Phi) is 6.49. The van der Waals surface area contributed by atoms with Crippen LogP contribution in [0.25, 0.3) is 23.1 Å². The number of hydrogen-bond acceptors (Lipinski definition) is 6. The summed E-state index contributed by atoms with van der Waals surface area (Å²) in [7, 11) is -4.07. The van der Waals surface area contributed by atoms with Gasteiger partial charge >= 0.3 is 6.09 Å². The monoisotopic (exact) mass is 497 g/mol. The van der Waals surface area contributed by atoms with Crippen molar-refractivity contribution < 1.29 is 26.9 Å². The predicted octanol–water partition coefficient (Wildman–Crippen LogP) is 5.20. The van der Waals surface area contributed by atoms with E-state index in [1.807, 2.05) is 0 Å². The van der Waals surface area contributed by atoms with Crippen molar-refractivity contribution in [2.24, 2.45) is 0 Å². The summed E-state index contributed by atoms with van der Waals surface area (Å²) in [6.45, 7) is 5.02. The van der Waals surface area contributed by atoms with Gasteiger partial charge < -0.3 is 14.6 Å². The predicted molar refractivity (Wildman–Crippen MR) is 129 cm³/mol. The molecule has 4 rings (SSSR count). The first-order valence-electron chi connectivity index (χ1n) is 10.7. The van der Waals surface area contributed by atoms with Crippen LogP contribution in [0.1, 0.15) is 37.7 Å². The van der Waals surface area contributed by atoms with E-state index in [1.165, 1.54) is 42.7 Å². The molecule has 2 aromatic carbocycles. The van der Waals surface area contributed by atoms with Gasteiger partial charge in [0.1, 0.15) is 23.4 Å². The lowest BCUT2D eigenvalue weighted by atomic mass is 10.1. The zero-order chi connectivity index (χ0) is 25.2. The molecule has 10 heteroatoms. The van der Waals surface area contributed by atoms with Gasteiger partial charge in [0.15, 0.2) is 0 Å². The highest BCUT2D eigenvalue weighted by molar-refractivity contribution is 7.90. The molecule has 8 nitrogen and oxygen atoms in total. The van der Waals surface area contributed by atoms with E-state index in [0.717, 1.165) is 3.97 Å². The molecular weight excluding hydrogens is 473 g/mol. The van der Waals surface area contributed by atoms with Gasteiger partial charge in [0.2, 0.25) is 0 Å². The highest BCUT2D eigenvalue weighted by Gasteiger charge is 2.25. The number of halogens is 1. The third kappa shape index (κ3) is 5.43. The first kappa shape index (κ1) is 24.2. The van der Waals surface area contributed by atoms with Gasteiger partial charge in [-0.05, 0) is 63.3 Å². The zero-order valence-corrected chi connectivity index (χ0v) is 20.2. The molecule has 35 heavy (non-hydrogen) atoms. The molecule has 0 bridgehead atoms. The van der Waals surface area contributed by atoms with Crippen LogP contribution < -0.4 is 5.32 Å². The molecule has 0 saturated heterocycles. The van der Waals surface area contributed by atoms with E-state index in [4.69, 9.17) is 9.26 Å². The number of aromatic nitrogens is 2. The quantitative estimate of drug-likeness (QED) is 0.393. The summed E-state index contributed by atoms with van der Waals surface area (Å²) in [5, 5.41) is 6.70. The second-order valence-electron chi connectivity index (χ2n) is 8.76. The molecule has 0 atom stereocenters. The maximum absolute atomic E-state index is 14.9. The first-order valence-corrected chi connectivity index (χ1v) is 12.2. The molecule has 0 fully saturated rings. The lowest BCUT2D eigenvalue weighted by Crippen LogP contribution is -2.33. The van der Waals surface area contributed by atoms with E-state index < -0.39 is 27.5 Å². The van der Waals surface area contributed by atoms with Crippen LogP contribution in [0, 0.1) is 5.82 Å². The Morgan fingerprint density at radius 2 is 1.89 bits per heavy atom. The second-order valence-corrected chi connectivity index (χ2v) is 10.6. The van der Waals surface area contributed by atoms with Gasteiger partial charge in [-0.1, -0.05) is 23.4 Å².